The number of nitrogens with zero attached hydrogens (tertiary/aromatic N) is 1. The van der Waals surface area contributed by atoms with E-state index < -0.39 is 5.97 Å². The predicted octanol–water partition coefficient (Wildman–Crippen LogP) is 2.69. The summed E-state index contributed by atoms with van der Waals surface area (Å²) in [7, 11) is 0. The molecule has 0 unspecified atom stereocenters. The van der Waals surface area contributed by atoms with Gasteiger partial charge in [0.1, 0.15) is 5.00 Å². The minimum absolute atomic E-state index is 0.120. The van der Waals surface area contributed by atoms with Crippen molar-refractivity contribution >= 4 is 28.3 Å². The molecule has 0 aromatic carbocycles. The van der Waals surface area contributed by atoms with Crippen molar-refractivity contribution in [2.75, 3.05) is 25.0 Å². The molecule has 1 aromatic heterocycles. The molecule has 0 saturated heterocycles. The molecular formula is C14H22N2O4S. The number of aryl methyl sites for hydroxylation is 1. The fraction of sp³-hybridized carbons (Fsp3) is 0.571. The molecule has 0 aliphatic carbocycles. The zero-order chi connectivity index (χ0) is 16.0. The molecule has 0 spiro atoms. The number of nitrogens with one attached hydrogen (secondary N) is 1. The number of hydrogen-bond acceptors (Lipinski definition) is 4. The lowest BCUT2D eigenvalue weighted by molar-refractivity contribution is 0.0697. The molecule has 21 heavy (non-hydrogen) atoms. The SMILES string of the molecule is CCCCN(CCO)C(=O)Nc1sc(C)c(C)c1C(=O)O. The van der Waals surface area contributed by atoms with Gasteiger partial charge < -0.3 is 15.1 Å². The van der Waals surface area contributed by atoms with E-state index in [0.29, 0.717) is 17.1 Å². The number of carbonyl (C=O) groups excluding carboxylic acids is 1. The minimum atomic E-state index is -1.05. The Morgan fingerprint density at radius 1 is 1.29 bits per heavy atom. The monoisotopic (exact) mass is 314 g/mol. The van der Waals surface area contributed by atoms with Crippen LogP contribution in [0.2, 0.25) is 0 Å². The highest BCUT2D eigenvalue weighted by molar-refractivity contribution is 7.16. The second kappa shape index (κ2) is 7.99. The normalized spacial score (nSPS) is 10.5. The third kappa shape index (κ3) is 4.44. The van der Waals surface area contributed by atoms with E-state index in [-0.39, 0.29) is 24.7 Å². The van der Waals surface area contributed by atoms with Gasteiger partial charge in [0.25, 0.3) is 0 Å². The Kier molecular flexibility index (Phi) is 6.64. The summed E-state index contributed by atoms with van der Waals surface area (Å²) < 4.78 is 0. The van der Waals surface area contributed by atoms with Crippen molar-refractivity contribution in [3.05, 3.63) is 16.0 Å². The van der Waals surface area contributed by atoms with Crippen LogP contribution in [0.25, 0.3) is 0 Å². The predicted molar refractivity (Wildman–Crippen MR) is 83.3 cm³/mol. The molecule has 3 N–H and O–H groups in total. The average molecular weight is 314 g/mol. The molecule has 0 bridgehead atoms. The van der Waals surface area contributed by atoms with Gasteiger partial charge in [0.2, 0.25) is 0 Å². The first-order chi connectivity index (χ1) is 9.92. The van der Waals surface area contributed by atoms with Crippen molar-refractivity contribution in [1.29, 1.82) is 0 Å². The van der Waals surface area contributed by atoms with Crippen molar-refractivity contribution in [1.82, 2.24) is 4.90 Å². The summed E-state index contributed by atoms with van der Waals surface area (Å²) in [6, 6.07) is -0.374. The molecule has 1 heterocycles. The maximum atomic E-state index is 12.2. The quantitative estimate of drug-likeness (QED) is 0.722. The van der Waals surface area contributed by atoms with E-state index in [1.807, 2.05) is 13.8 Å². The van der Waals surface area contributed by atoms with E-state index in [2.05, 4.69) is 5.32 Å². The van der Waals surface area contributed by atoms with Crippen LogP contribution in [0.3, 0.4) is 0 Å². The van der Waals surface area contributed by atoms with E-state index >= 15 is 0 Å². The number of aliphatic hydroxyl groups is 1. The first-order valence-electron chi connectivity index (χ1n) is 6.92. The maximum Gasteiger partial charge on any atom is 0.338 e. The fourth-order valence-electron chi connectivity index (χ4n) is 1.93. The number of aliphatic hydroxyl groups excluding tert-OH is 1. The van der Waals surface area contributed by atoms with Crippen molar-refractivity contribution in [2.24, 2.45) is 0 Å². The van der Waals surface area contributed by atoms with E-state index in [1.54, 1.807) is 6.92 Å². The van der Waals surface area contributed by atoms with Crippen LogP contribution < -0.4 is 5.32 Å². The number of anilines is 1. The van der Waals surface area contributed by atoms with Gasteiger partial charge in [-0.25, -0.2) is 9.59 Å². The Labute approximate surface area is 128 Å². The molecule has 1 aromatic rings. The number of unbranched alkanes of at least 4 members (excludes halogenated alkanes) is 1. The standard InChI is InChI=1S/C14H22N2O4S/c1-4-5-6-16(7-8-17)14(20)15-12-11(13(18)19)9(2)10(3)21-12/h17H,4-8H2,1-3H3,(H,15,20)(H,18,19). The number of rotatable bonds is 7. The molecule has 6 nitrogen and oxygen atoms in total. The summed E-state index contributed by atoms with van der Waals surface area (Å²) >= 11 is 1.26. The van der Waals surface area contributed by atoms with Crippen molar-refractivity contribution in [2.45, 2.75) is 33.6 Å². The molecule has 0 atom stereocenters. The topological polar surface area (TPSA) is 89.9 Å². The molecule has 0 saturated carbocycles. The van der Waals surface area contributed by atoms with Crippen LogP contribution in [-0.4, -0.2) is 46.8 Å². The van der Waals surface area contributed by atoms with Crippen LogP contribution in [0, 0.1) is 13.8 Å². The summed E-state index contributed by atoms with van der Waals surface area (Å²) in [5.74, 6) is -1.05. The van der Waals surface area contributed by atoms with Crippen LogP contribution in [-0.2, 0) is 0 Å². The minimum Gasteiger partial charge on any atom is -0.478 e. The van der Waals surface area contributed by atoms with E-state index in [1.165, 1.54) is 16.2 Å². The summed E-state index contributed by atoms with van der Waals surface area (Å²) in [5.41, 5.74) is 0.815. The van der Waals surface area contributed by atoms with Crippen molar-refractivity contribution in [3.63, 3.8) is 0 Å². The van der Waals surface area contributed by atoms with Gasteiger partial charge in [-0.05, 0) is 25.8 Å². The number of carboxylic acid groups (broad SMARTS) is 1. The molecule has 1 rings (SSSR count). The first-order valence-corrected chi connectivity index (χ1v) is 7.74. The average Bonchev–Trinajstić information content (AvgIpc) is 2.69. The number of carbonyl (C=O) groups is 2. The fourth-order valence-corrected chi connectivity index (χ4v) is 2.98. The molecule has 0 radical (unpaired) electrons. The Morgan fingerprint density at radius 3 is 2.48 bits per heavy atom. The van der Waals surface area contributed by atoms with Gasteiger partial charge in [-0.15, -0.1) is 11.3 Å². The Balaban J connectivity index is 2.90. The summed E-state index contributed by atoms with van der Waals surface area (Å²) in [6.45, 7) is 6.22. The van der Waals surface area contributed by atoms with Crippen LogP contribution in [0.5, 0.6) is 0 Å². The second-order valence-electron chi connectivity index (χ2n) is 4.79. The summed E-state index contributed by atoms with van der Waals surface area (Å²) in [5, 5.41) is 21.3. The third-order valence-electron chi connectivity index (χ3n) is 3.26. The van der Waals surface area contributed by atoms with Crippen LogP contribution >= 0.6 is 11.3 Å². The molecule has 2 amide bonds. The highest BCUT2D eigenvalue weighted by Gasteiger charge is 2.22. The first kappa shape index (κ1) is 17.5. The van der Waals surface area contributed by atoms with E-state index in [9.17, 15) is 14.7 Å². The Bertz CT molecular complexity index is 513. The van der Waals surface area contributed by atoms with Gasteiger partial charge in [-0.3, -0.25) is 5.32 Å². The number of amides is 2. The van der Waals surface area contributed by atoms with E-state index in [4.69, 9.17) is 5.11 Å². The van der Waals surface area contributed by atoms with Gasteiger partial charge in [0, 0.05) is 18.0 Å². The lowest BCUT2D eigenvalue weighted by atomic mass is 10.1. The number of urea groups is 1. The van der Waals surface area contributed by atoms with Gasteiger partial charge in [0.15, 0.2) is 0 Å². The highest BCUT2D eigenvalue weighted by Crippen LogP contribution is 2.32. The lowest BCUT2D eigenvalue weighted by Gasteiger charge is -2.21. The lowest BCUT2D eigenvalue weighted by Crippen LogP contribution is -2.37. The summed E-state index contributed by atoms with van der Waals surface area (Å²) in [6.07, 6.45) is 1.77. The molecule has 7 heteroatoms. The number of aromatic carboxylic acids is 1. The largest absolute Gasteiger partial charge is 0.478 e. The van der Waals surface area contributed by atoms with Crippen LogP contribution in [0.4, 0.5) is 9.80 Å². The summed E-state index contributed by atoms with van der Waals surface area (Å²) in [4.78, 5) is 25.9. The Hall–Kier alpha value is -1.60. The molecular weight excluding hydrogens is 292 g/mol. The maximum absolute atomic E-state index is 12.2. The zero-order valence-electron chi connectivity index (χ0n) is 12.6. The van der Waals surface area contributed by atoms with Crippen molar-refractivity contribution in [3.8, 4) is 0 Å². The van der Waals surface area contributed by atoms with E-state index in [0.717, 1.165) is 17.7 Å². The molecule has 0 fully saturated rings. The molecule has 118 valence electrons. The molecule has 0 aliphatic rings. The van der Waals surface area contributed by atoms with Crippen LogP contribution in [0.15, 0.2) is 0 Å². The number of hydrogen-bond donors (Lipinski definition) is 3. The van der Waals surface area contributed by atoms with Gasteiger partial charge in [-0.1, -0.05) is 13.3 Å². The second-order valence-corrected chi connectivity index (χ2v) is 6.01. The van der Waals surface area contributed by atoms with Gasteiger partial charge >= 0.3 is 12.0 Å². The van der Waals surface area contributed by atoms with Crippen LogP contribution in [0.1, 0.15) is 40.6 Å². The molecule has 0 aliphatic heterocycles. The number of thiophene rings is 1. The highest BCUT2D eigenvalue weighted by atomic mass is 32.1. The van der Waals surface area contributed by atoms with Gasteiger partial charge in [0.05, 0.1) is 12.2 Å². The zero-order valence-corrected chi connectivity index (χ0v) is 13.4. The van der Waals surface area contributed by atoms with Gasteiger partial charge in [-0.2, -0.15) is 0 Å². The van der Waals surface area contributed by atoms with Crippen molar-refractivity contribution < 1.29 is 19.8 Å². The Morgan fingerprint density at radius 2 is 1.95 bits per heavy atom. The number of carboxylic acids is 1. The third-order valence-corrected chi connectivity index (χ3v) is 4.38. The smallest absolute Gasteiger partial charge is 0.338 e.